The topological polar surface area (TPSA) is 34.9 Å². The lowest BCUT2D eigenvalue weighted by molar-refractivity contribution is 0.0994. The number of fused-ring (bicyclic) bond motifs is 5. The Morgan fingerprint density at radius 1 is 1.13 bits per heavy atom. The van der Waals surface area contributed by atoms with Crippen LogP contribution in [0.4, 0.5) is 0 Å². The van der Waals surface area contributed by atoms with Crippen molar-refractivity contribution in [3.63, 3.8) is 0 Å². The van der Waals surface area contributed by atoms with Crippen molar-refractivity contribution in [2.75, 3.05) is 0 Å². The van der Waals surface area contributed by atoms with E-state index in [0.29, 0.717) is 6.42 Å². The van der Waals surface area contributed by atoms with Crippen molar-refractivity contribution in [2.45, 2.75) is 58.9 Å². The van der Waals surface area contributed by atoms with Gasteiger partial charge in [-0.1, -0.05) is 38.0 Å². The van der Waals surface area contributed by atoms with Crippen molar-refractivity contribution in [3.05, 3.63) is 64.8 Å². The number of aromatic nitrogens is 2. The van der Waals surface area contributed by atoms with Crippen molar-refractivity contribution < 1.29 is 4.79 Å². The highest BCUT2D eigenvalue weighted by molar-refractivity contribution is 7.13. The summed E-state index contributed by atoms with van der Waals surface area (Å²) in [6.45, 7) is 5.45. The smallest absolute Gasteiger partial charge is 0.163 e. The fraction of sp³-hybridized carbons (Fsp3) is 0.333. The second-order valence-electron chi connectivity index (χ2n) is 8.43. The van der Waals surface area contributed by atoms with E-state index < -0.39 is 0 Å². The Morgan fingerprint density at radius 3 is 2.77 bits per heavy atom. The first-order chi connectivity index (χ1) is 15.2. The van der Waals surface area contributed by atoms with Crippen LogP contribution in [0.5, 0.6) is 0 Å². The lowest BCUT2D eigenvalue weighted by Crippen LogP contribution is -2.00. The lowest BCUT2D eigenvalue weighted by atomic mass is 10.0. The zero-order valence-electron chi connectivity index (χ0n) is 18.3. The van der Waals surface area contributed by atoms with Gasteiger partial charge in [-0.3, -0.25) is 9.78 Å². The maximum absolute atomic E-state index is 12.4. The summed E-state index contributed by atoms with van der Waals surface area (Å²) in [7, 11) is 0. The number of ketones is 1. The molecule has 4 heteroatoms. The van der Waals surface area contributed by atoms with E-state index in [1.807, 2.05) is 11.7 Å². The molecule has 0 radical (unpaired) electrons. The minimum absolute atomic E-state index is 0.285. The van der Waals surface area contributed by atoms with Crippen LogP contribution in [0.25, 0.3) is 32.2 Å². The van der Waals surface area contributed by atoms with E-state index in [1.54, 1.807) is 16.9 Å². The molecule has 0 N–H and O–H groups in total. The van der Waals surface area contributed by atoms with Crippen LogP contribution in [0.15, 0.2) is 53.7 Å². The fourth-order valence-corrected chi connectivity index (χ4v) is 5.72. The molecular formula is C27H28N2OS. The molecule has 2 aromatic heterocycles. The highest BCUT2D eigenvalue weighted by Crippen LogP contribution is 2.39. The second-order valence-corrected chi connectivity index (χ2v) is 9.32. The van der Waals surface area contributed by atoms with Crippen molar-refractivity contribution in [1.82, 2.24) is 9.55 Å². The summed E-state index contributed by atoms with van der Waals surface area (Å²) in [5.74, 6) is 0.285. The van der Waals surface area contributed by atoms with Gasteiger partial charge in [0.25, 0.3) is 0 Å². The first-order valence-electron chi connectivity index (χ1n) is 11.4. The summed E-state index contributed by atoms with van der Waals surface area (Å²) in [4.78, 5) is 17.9. The average Bonchev–Trinajstić information content (AvgIpc) is 3.50. The number of benzene rings is 2. The quantitative estimate of drug-likeness (QED) is 0.284. The molecule has 2 heterocycles. The molecule has 0 unspecified atom stereocenters. The van der Waals surface area contributed by atoms with Gasteiger partial charge in [0.2, 0.25) is 0 Å². The summed E-state index contributed by atoms with van der Waals surface area (Å²) in [5, 5.41) is 2.55. The Kier molecular flexibility index (Phi) is 5.49. The zero-order chi connectivity index (χ0) is 21.4. The number of aryl methyl sites for hydroxylation is 2. The molecule has 3 nitrogen and oxygen atoms in total. The van der Waals surface area contributed by atoms with Crippen LogP contribution in [0.1, 0.15) is 61.9 Å². The van der Waals surface area contributed by atoms with Gasteiger partial charge in [-0.25, -0.2) is 0 Å². The van der Waals surface area contributed by atoms with Gasteiger partial charge in [0, 0.05) is 46.5 Å². The van der Waals surface area contributed by atoms with Gasteiger partial charge in [0.15, 0.2) is 5.78 Å². The summed E-state index contributed by atoms with van der Waals surface area (Å²) in [5.41, 5.74) is 9.33. The number of allylic oxidation sites excluding steroid dienone is 2. The van der Waals surface area contributed by atoms with E-state index in [1.165, 1.54) is 50.7 Å². The minimum atomic E-state index is 0.285. The Bertz CT molecular complexity index is 1290. The summed E-state index contributed by atoms with van der Waals surface area (Å²) in [6.07, 6.45) is 10.4. The van der Waals surface area contributed by atoms with Gasteiger partial charge in [0.05, 0.1) is 10.4 Å². The Labute approximate surface area is 187 Å². The van der Waals surface area contributed by atoms with Crippen molar-refractivity contribution in [2.24, 2.45) is 0 Å². The van der Waals surface area contributed by atoms with Crippen molar-refractivity contribution in [1.29, 1.82) is 0 Å². The first-order valence-corrected chi connectivity index (χ1v) is 12.3. The molecule has 0 atom stereocenters. The van der Waals surface area contributed by atoms with Crippen LogP contribution in [-0.4, -0.2) is 15.3 Å². The lowest BCUT2D eigenvalue weighted by Gasteiger charge is -2.11. The van der Waals surface area contributed by atoms with E-state index in [2.05, 4.69) is 59.8 Å². The highest BCUT2D eigenvalue weighted by Gasteiger charge is 2.25. The zero-order valence-corrected chi connectivity index (χ0v) is 19.1. The van der Waals surface area contributed by atoms with E-state index >= 15 is 0 Å². The van der Waals surface area contributed by atoms with E-state index in [-0.39, 0.29) is 5.78 Å². The number of rotatable bonds is 7. The number of hydrogen-bond acceptors (Lipinski definition) is 3. The largest absolute Gasteiger partial charge is 0.340 e. The normalized spacial score (nSPS) is 14.1. The molecule has 1 aliphatic carbocycles. The SMILES string of the molecule is CCC=C(CCC)CCn1c2ccc(-c3cncs3)cc2c2c3c(ccc21)C(=O)CC3. The van der Waals surface area contributed by atoms with Gasteiger partial charge in [-0.2, -0.15) is 0 Å². The second kappa shape index (κ2) is 8.43. The Hall–Kier alpha value is -2.72. The fourth-order valence-electron chi connectivity index (χ4n) is 5.10. The number of thiazole rings is 1. The molecule has 2 aromatic carbocycles. The number of carbonyl (C=O) groups excluding carboxylic acids is 1. The maximum Gasteiger partial charge on any atom is 0.163 e. The molecular weight excluding hydrogens is 400 g/mol. The molecule has 31 heavy (non-hydrogen) atoms. The molecule has 0 aliphatic heterocycles. The summed E-state index contributed by atoms with van der Waals surface area (Å²) in [6, 6.07) is 11.0. The Morgan fingerprint density at radius 2 is 2.00 bits per heavy atom. The van der Waals surface area contributed by atoms with Crippen LogP contribution in [-0.2, 0) is 13.0 Å². The maximum atomic E-state index is 12.4. The molecule has 0 fully saturated rings. The molecule has 0 spiro atoms. The molecule has 4 aromatic rings. The molecule has 158 valence electrons. The Balaban J connectivity index is 1.69. The third-order valence-electron chi connectivity index (χ3n) is 6.48. The summed E-state index contributed by atoms with van der Waals surface area (Å²) >= 11 is 1.67. The average molecular weight is 429 g/mol. The van der Waals surface area contributed by atoms with Crippen LogP contribution < -0.4 is 0 Å². The third kappa shape index (κ3) is 3.53. The molecule has 5 rings (SSSR count). The molecule has 0 saturated heterocycles. The van der Waals surface area contributed by atoms with E-state index in [0.717, 1.165) is 31.4 Å². The number of carbonyl (C=O) groups is 1. The van der Waals surface area contributed by atoms with Crippen LogP contribution in [0.2, 0.25) is 0 Å². The molecule has 0 amide bonds. The standard InChI is InChI=1S/C27H28N2OS/c1-3-5-18(6-4-2)13-14-29-23-10-7-19(26-16-28-17-31-26)15-22(23)27-21-9-12-25(30)20(21)8-11-24(27)29/h5,7-8,10-11,15-17H,3-4,6,9,12-14H2,1-2H3. The van der Waals surface area contributed by atoms with Crippen LogP contribution in [0.3, 0.4) is 0 Å². The van der Waals surface area contributed by atoms with E-state index in [4.69, 9.17) is 0 Å². The van der Waals surface area contributed by atoms with Gasteiger partial charge in [0.1, 0.15) is 0 Å². The van der Waals surface area contributed by atoms with Gasteiger partial charge in [-0.15, -0.1) is 11.3 Å². The minimum Gasteiger partial charge on any atom is -0.340 e. The van der Waals surface area contributed by atoms with Crippen LogP contribution in [0, 0.1) is 0 Å². The van der Waals surface area contributed by atoms with Gasteiger partial charge in [-0.05, 0) is 61.1 Å². The summed E-state index contributed by atoms with van der Waals surface area (Å²) < 4.78 is 2.48. The number of Topliss-reactive ketones (excluding diaryl/α,β-unsaturated/α-hetero) is 1. The van der Waals surface area contributed by atoms with Gasteiger partial charge < -0.3 is 4.57 Å². The van der Waals surface area contributed by atoms with Gasteiger partial charge >= 0.3 is 0 Å². The monoisotopic (exact) mass is 428 g/mol. The molecule has 1 aliphatic rings. The number of nitrogens with zero attached hydrogens (tertiary/aromatic N) is 2. The van der Waals surface area contributed by atoms with E-state index in [9.17, 15) is 4.79 Å². The number of hydrogen-bond donors (Lipinski definition) is 0. The van der Waals surface area contributed by atoms with Crippen molar-refractivity contribution in [3.8, 4) is 10.4 Å². The van der Waals surface area contributed by atoms with Crippen LogP contribution >= 0.6 is 11.3 Å². The molecule has 0 saturated carbocycles. The molecule has 0 bridgehead atoms. The predicted molar refractivity (Wildman–Crippen MR) is 131 cm³/mol. The first kappa shape index (κ1) is 20.2. The van der Waals surface area contributed by atoms with Crippen molar-refractivity contribution >= 4 is 38.9 Å². The predicted octanol–water partition coefficient (Wildman–Crippen LogP) is 7.57. The third-order valence-corrected chi connectivity index (χ3v) is 7.30. The highest BCUT2D eigenvalue weighted by atomic mass is 32.1.